The lowest BCUT2D eigenvalue weighted by Gasteiger charge is -2.10. The fourth-order valence-corrected chi connectivity index (χ4v) is 1.69. The Bertz CT molecular complexity index is 647. The van der Waals surface area contributed by atoms with Gasteiger partial charge in [0.1, 0.15) is 0 Å². The number of nitrogen functional groups attached to an aromatic ring is 1. The summed E-state index contributed by atoms with van der Waals surface area (Å²) in [4.78, 5) is 11.7. The van der Waals surface area contributed by atoms with E-state index in [1.807, 2.05) is 36.4 Å². The summed E-state index contributed by atoms with van der Waals surface area (Å²) in [5.41, 5.74) is 8.07. The molecule has 0 heterocycles. The highest BCUT2D eigenvalue weighted by Crippen LogP contribution is 2.19. The summed E-state index contributed by atoms with van der Waals surface area (Å²) >= 11 is 0. The van der Waals surface area contributed by atoms with Crippen LogP contribution in [0.15, 0.2) is 48.5 Å². The number of anilines is 2. The van der Waals surface area contributed by atoms with Crippen LogP contribution in [0.4, 0.5) is 16.2 Å². The van der Waals surface area contributed by atoms with Gasteiger partial charge in [-0.25, -0.2) is 4.79 Å². The molecule has 0 radical (unpaired) electrons. The van der Waals surface area contributed by atoms with E-state index in [2.05, 4.69) is 10.6 Å². The third-order valence-electron chi connectivity index (χ3n) is 2.72. The van der Waals surface area contributed by atoms with Gasteiger partial charge in [0.15, 0.2) is 0 Å². The van der Waals surface area contributed by atoms with Crippen LogP contribution in [0.25, 0.3) is 0 Å². The van der Waals surface area contributed by atoms with Crippen LogP contribution in [-0.2, 0) is 6.54 Å². The average molecular weight is 266 g/mol. The van der Waals surface area contributed by atoms with Crippen LogP contribution in [-0.4, -0.2) is 6.03 Å². The Hall–Kier alpha value is -3.00. The quantitative estimate of drug-likeness (QED) is 0.745. The Morgan fingerprint density at radius 2 is 1.95 bits per heavy atom. The van der Waals surface area contributed by atoms with Gasteiger partial charge in [0.2, 0.25) is 0 Å². The van der Waals surface area contributed by atoms with E-state index in [0.29, 0.717) is 23.5 Å². The molecule has 0 aliphatic heterocycles. The van der Waals surface area contributed by atoms with Crippen LogP contribution >= 0.6 is 0 Å². The Morgan fingerprint density at radius 3 is 2.60 bits per heavy atom. The maximum atomic E-state index is 11.7. The highest BCUT2D eigenvalue weighted by atomic mass is 16.2. The van der Waals surface area contributed by atoms with E-state index in [0.717, 1.165) is 5.56 Å². The van der Waals surface area contributed by atoms with Gasteiger partial charge in [-0.05, 0) is 23.8 Å². The van der Waals surface area contributed by atoms with Gasteiger partial charge >= 0.3 is 6.03 Å². The first-order valence-electron chi connectivity index (χ1n) is 6.07. The first kappa shape index (κ1) is 13.4. The number of nitrogens with two attached hydrogens (primary N) is 1. The van der Waals surface area contributed by atoms with Crippen molar-refractivity contribution in [2.75, 3.05) is 11.1 Å². The van der Waals surface area contributed by atoms with Crippen molar-refractivity contribution in [2.24, 2.45) is 0 Å². The first-order chi connectivity index (χ1) is 9.69. The molecule has 0 fully saturated rings. The number of hydrogen-bond acceptors (Lipinski definition) is 3. The molecule has 0 aliphatic carbocycles. The molecule has 2 aromatic carbocycles. The summed E-state index contributed by atoms with van der Waals surface area (Å²) in [6.07, 6.45) is 0. The minimum Gasteiger partial charge on any atom is -0.397 e. The van der Waals surface area contributed by atoms with E-state index in [-0.39, 0.29) is 6.03 Å². The molecule has 2 rings (SSSR count). The third-order valence-corrected chi connectivity index (χ3v) is 2.72. The molecule has 2 aromatic rings. The van der Waals surface area contributed by atoms with E-state index in [1.165, 1.54) is 6.07 Å². The zero-order valence-electron chi connectivity index (χ0n) is 10.8. The van der Waals surface area contributed by atoms with Crippen LogP contribution < -0.4 is 16.4 Å². The maximum absolute atomic E-state index is 11.7. The van der Waals surface area contributed by atoms with Gasteiger partial charge in [-0.1, -0.05) is 30.3 Å². The zero-order chi connectivity index (χ0) is 14.4. The van der Waals surface area contributed by atoms with Gasteiger partial charge in [0.25, 0.3) is 0 Å². The van der Waals surface area contributed by atoms with Crippen LogP contribution in [0, 0.1) is 11.3 Å². The molecule has 2 amide bonds. The topological polar surface area (TPSA) is 90.9 Å². The van der Waals surface area contributed by atoms with Gasteiger partial charge in [-0.2, -0.15) is 5.26 Å². The normalized spacial score (nSPS) is 9.55. The van der Waals surface area contributed by atoms with Crippen molar-refractivity contribution in [3.8, 4) is 6.07 Å². The number of nitrogens with zero attached hydrogens (tertiary/aromatic N) is 1. The second kappa shape index (κ2) is 6.25. The molecule has 0 bridgehead atoms. The predicted molar refractivity (Wildman–Crippen MR) is 77.9 cm³/mol. The largest absolute Gasteiger partial charge is 0.397 e. The van der Waals surface area contributed by atoms with E-state index < -0.39 is 0 Å². The fourth-order valence-electron chi connectivity index (χ4n) is 1.69. The summed E-state index contributed by atoms with van der Waals surface area (Å²) in [6.45, 7) is 0.433. The first-order valence-corrected chi connectivity index (χ1v) is 6.07. The molecule has 0 saturated carbocycles. The standard InChI is InChI=1S/C15H14N4O/c16-9-12-6-7-14(13(17)8-12)19-15(20)18-10-11-4-2-1-3-5-11/h1-8H,10,17H2,(H2,18,19,20). The molecular weight excluding hydrogens is 252 g/mol. The SMILES string of the molecule is N#Cc1ccc(NC(=O)NCc2ccccc2)c(N)c1. The van der Waals surface area contributed by atoms with Crippen LogP contribution in [0.2, 0.25) is 0 Å². The minimum absolute atomic E-state index is 0.342. The second-order valence-electron chi connectivity index (χ2n) is 4.21. The lowest BCUT2D eigenvalue weighted by molar-refractivity contribution is 0.252. The van der Waals surface area contributed by atoms with E-state index in [1.54, 1.807) is 12.1 Å². The molecule has 5 heteroatoms. The number of rotatable bonds is 3. The Balaban J connectivity index is 1.93. The number of carbonyl (C=O) groups is 1. The molecule has 0 spiro atoms. The number of carbonyl (C=O) groups excluding carboxylic acids is 1. The molecule has 4 N–H and O–H groups in total. The van der Waals surface area contributed by atoms with Crippen molar-refractivity contribution >= 4 is 17.4 Å². The molecule has 100 valence electrons. The van der Waals surface area contributed by atoms with Crippen LogP contribution in [0.3, 0.4) is 0 Å². The molecule has 0 aliphatic rings. The monoisotopic (exact) mass is 266 g/mol. The van der Waals surface area contributed by atoms with Gasteiger partial charge in [0, 0.05) is 6.54 Å². The van der Waals surface area contributed by atoms with Crippen molar-refractivity contribution in [3.05, 3.63) is 59.7 Å². The smallest absolute Gasteiger partial charge is 0.319 e. The van der Waals surface area contributed by atoms with Gasteiger partial charge in [-0.3, -0.25) is 0 Å². The molecular formula is C15H14N4O. The van der Waals surface area contributed by atoms with Gasteiger partial charge in [0.05, 0.1) is 23.0 Å². The number of amides is 2. The summed E-state index contributed by atoms with van der Waals surface area (Å²) in [5.74, 6) is 0. The molecule has 20 heavy (non-hydrogen) atoms. The Labute approximate surface area is 117 Å². The third kappa shape index (κ3) is 3.50. The van der Waals surface area contributed by atoms with E-state index >= 15 is 0 Å². The summed E-state index contributed by atoms with van der Waals surface area (Å²) < 4.78 is 0. The minimum atomic E-state index is -0.342. The van der Waals surface area contributed by atoms with Crippen LogP contribution in [0.5, 0.6) is 0 Å². The average Bonchev–Trinajstić information content (AvgIpc) is 2.48. The molecule has 0 aromatic heterocycles. The van der Waals surface area contributed by atoms with E-state index in [9.17, 15) is 4.79 Å². The van der Waals surface area contributed by atoms with Crippen molar-refractivity contribution < 1.29 is 4.79 Å². The lowest BCUT2D eigenvalue weighted by Crippen LogP contribution is -2.28. The van der Waals surface area contributed by atoms with Crippen LogP contribution in [0.1, 0.15) is 11.1 Å². The highest BCUT2D eigenvalue weighted by molar-refractivity contribution is 5.92. The molecule has 0 atom stereocenters. The van der Waals surface area contributed by atoms with Gasteiger partial charge < -0.3 is 16.4 Å². The lowest BCUT2D eigenvalue weighted by atomic mass is 10.2. The Kier molecular flexibility index (Phi) is 4.20. The maximum Gasteiger partial charge on any atom is 0.319 e. The molecule has 0 unspecified atom stereocenters. The number of nitrogens with one attached hydrogen (secondary N) is 2. The van der Waals surface area contributed by atoms with Crippen molar-refractivity contribution in [3.63, 3.8) is 0 Å². The predicted octanol–water partition coefficient (Wildman–Crippen LogP) is 2.46. The summed E-state index contributed by atoms with van der Waals surface area (Å²) in [6, 6.07) is 16.0. The number of benzene rings is 2. The second-order valence-corrected chi connectivity index (χ2v) is 4.21. The van der Waals surface area contributed by atoms with Crippen molar-refractivity contribution in [2.45, 2.75) is 6.54 Å². The van der Waals surface area contributed by atoms with Gasteiger partial charge in [-0.15, -0.1) is 0 Å². The van der Waals surface area contributed by atoms with Crippen molar-refractivity contribution in [1.29, 1.82) is 5.26 Å². The molecule has 5 nitrogen and oxygen atoms in total. The number of nitriles is 1. The summed E-state index contributed by atoms with van der Waals surface area (Å²) in [5, 5.41) is 14.1. The Morgan fingerprint density at radius 1 is 1.20 bits per heavy atom. The highest BCUT2D eigenvalue weighted by Gasteiger charge is 2.05. The molecule has 0 saturated heterocycles. The number of urea groups is 1. The van der Waals surface area contributed by atoms with E-state index in [4.69, 9.17) is 11.0 Å². The summed E-state index contributed by atoms with van der Waals surface area (Å²) in [7, 11) is 0. The zero-order valence-corrected chi connectivity index (χ0v) is 10.8. The van der Waals surface area contributed by atoms with Crippen molar-refractivity contribution in [1.82, 2.24) is 5.32 Å². The fraction of sp³-hybridized carbons (Fsp3) is 0.0667. The number of hydrogen-bond donors (Lipinski definition) is 3.